The molecule has 0 atom stereocenters. The number of rotatable bonds is 6. The fraction of sp³-hybridized carbons (Fsp3) is 0.333. The number of halogens is 3. The molecule has 0 aliphatic heterocycles. The molecule has 2 aromatic heterocycles. The van der Waals surface area contributed by atoms with Crippen LogP contribution in [0.25, 0.3) is 0 Å². The van der Waals surface area contributed by atoms with Crippen molar-refractivity contribution in [1.82, 2.24) is 19.5 Å². The molecule has 0 fully saturated rings. The number of aromatic nitrogens is 3. The van der Waals surface area contributed by atoms with Gasteiger partial charge in [-0.05, 0) is 12.1 Å². The Morgan fingerprint density at radius 1 is 1.27 bits per heavy atom. The highest BCUT2D eigenvalue weighted by molar-refractivity contribution is 7.89. The van der Waals surface area contributed by atoms with Gasteiger partial charge < -0.3 is 0 Å². The molecule has 10 heteroatoms. The highest BCUT2D eigenvalue weighted by Gasteiger charge is 2.29. The molecule has 2 rings (SSSR count). The molecule has 1 N–H and O–H groups in total. The van der Waals surface area contributed by atoms with Gasteiger partial charge in [0.1, 0.15) is 11.4 Å². The Labute approximate surface area is 125 Å². The minimum atomic E-state index is -4.46. The second-order valence-corrected chi connectivity index (χ2v) is 6.22. The minimum Gasteiger partial charge on any atom is -0.262 e. The summed E-state index contributed by atoms with van der Waals surface area (Å²) in [5.74, 6) is 0. The number of pyridine rings is 1. The van der Waals surface area contributed by atoms with Gasteiger partial charge in [-0.2, -0.15) is 18.3 Å². The molecule has 2 aromatic rings. The normalized spacial score (nSPS) is 12.5. The van der Waals surface area contributed by atoms with Crippen LogP contribution in [0.15, 0.2) is 41.7 Å². The Bertz CT molecular complexity index is 713. The summed E-state index contributed by atoms with van der Waals surface area (Å²) in [5.41, 5.74) is 0.706. The van der Waals surface area contributed by atoms with E-state index in [4.69, 9.17) is 0 Å². The van der Waals surface area contributed by atoms with Crippen LogP contribution in [0.1, 0.15) is 5.69 Å². The van der Waals surface area contributed by atoms with Crippen LogP contribution in [0, 0.1) is 0 Å². The molecule has 0 amide bonds. The maximum Gasteiger partial charge on any atom is 0.408 e. The van der Waals surface area contributed by atoms with Gasteiger partial charge in [0.25, 0.3) is 0 Å². The lowest BCUT2D eigenvalue weighted by Gasteiger charge is -2.06. The van der Waals surface area contributed by atoms with Crippen molar-refractivity contribution in [3.63, 3.8) is 0 Å². The maximum atomic E-state index is 12.2. The quantitative estimate of drug-likeness (QED) is 0.865. The Hall–Kier alpha value is -1.94. The summed E-state index contributed by atoms with van der Waals surface area (Å²) in [5, 5.41) is 3.40. The first-order valence-corrected chi connectivity index (χ1v) is 7.73. The Kier molecular flexibility index (Phi) is 4.81. The van der Waals surface area contributed by atoms with E-state index in [0.717, 1.165) is 12.4 Å². The molecule has 0 saturated carbocycles. The van der Waals surface area contributed by atoms with E-state index in [1.165, 1.54) is 0 Å². The second-order valence-electron chi connectivity index (χ2n) is 4.46. The summed E-state index contributed by atoms with van der Waals surface area (Å²) in [4.78, 5) is 3.73. The molecule has 0 aromatic carbocycles. The van der Waals surface area contributed by atoms with Gasteiger partial charge in [-0.3, -0.25) is 9.67 Å². The number of hydrogen-bond acceptors (Lipinski definition) is 4. The zero-order chi connectivity index (χ0) is 16.2. The largest absolute Gasteiger partial charge is 0.408 e. The standard InChI is InChI=1S/C12H13F3N4O2S/c13-12(14,15)9-19-8-11(7-17-19)22(20,21)18-6-4-10-3-1-2-5-16-10/h1-3,5,7-8,18H,4,6,9H2. The van der Waals surface area contributed by atoms with Crippen molar-refractivity contribution in [3.8, 4) is 0 Å². The third-order valence-electron chi connectivity index (χ3n) is 2.66. The molecule has 22 heavy (non-hydrogen) atoms. The van der Waals surface area contributed by atoms with Gasteiger partial charge in [0, 0.05) is 31.1 Å². The molecule has 0 bridgehead atoms. The number of nitrogens with zero attached hydrogens (tertiary/aromatic N) is 3. The minimum absolute atomic E-state index is 0.0871. The van der Waals surface area contributed by atoms with Crippen molar-refractivity contribution in [2.24, 2.45) is 0 Å². The van der Waals surface area contributed by atoms with Crippen molar-refractivity contribution in [2.45, 2.75) is 24.0 Å². The molecule has 0 aliphatic carbocycles. The SMILES string of the molecule is O=S(=O)(NCCc1ccccn1)c1cnn(CC(F)(F)F)c1. The molecule has 0 spiro atoms. The zero-order valence-corrected chi connectivity index (χ0v) is 12.1. The lowest BCUT2D eigenvalue weighted by atomic mass is 10.3. The van der Waals surface area contributed by atoms with Gasteiger partial charge in [0.2, 0.25) is 10.0 Å². The third-order valence-corrected chi connectivity index (χ3v) is 4.08. The summed E-state index contributed by atoms with van der Waals surface area (Å²) in [6.45, 7) is -1.25. The Balaban J connectivity index is 1.95. The summed E-state index contributed by atoms with van der Waals surface area (Å²) < 4.78 is 63.3. The van der Waals surface area contributed by atoms with E-state index in [2.05, 4.69) is 14.8 Å². The van der Waals surface area contributed by atoms with Crippen LogP contribution in [-0.4, -0.2) is 35.9 Å². The predicted octanol–water partition coefficient (Wildman–Crippen LogP) is 1.36. The first-order chi connectivity index (χ1) is 10.3. The second kappa shape index (κ2) is 6.44. The fourth-order valence-electron chi connectivity index (χ4n) is 1.70. The summed E-state index contributed by atoms with van der Waals surface area (Å²) in [6.07, 6.45) is -0.771. The third kappa shape index (κ3) is 4.81. The van der Waals surface area contributed by atoms with Gasteiger partial charge in [-0.1, -0.05) is 6.07 Å². The molecule has 0 aliphatic rings. The Morgan fingerprint density at radius 3 is 2.68 bits per heavy atom. The van der Waals surface area contributed by atoms with Crippen LogP contribution in [0.2, 0.25) is 0 Å². The summed E-state index contributed by atoms with van der Waals surface area (Å²) in [6, 6.07) is 5.26. The Morgan fingerprint density at radius 2 is 2.05 bits per heavy atom. The molecular formula is C12H13F3N4O2S. The van der Waals surface area contributed by atoms with Crippen molar-refractivity contribution >= 4 is 10.0 Å². The van der Waals surface area contributed by atoms with Crippen molar-refractivity contribution in [2.75, 3.05) is 6.54 Å². The monoisotopic (exact) mass is 334 g/mol. The van der Waals surface area contributed by atoms with E-state index in [0.29, 0.717) is 16.8 Å². The molecular weight excluding hydrogens is 321 g/mol. The van der Waals surface area contributed by atoms with Crippen LogP contribution in [0.4, 0.5) is 13.2 Å². The molecule has 2 heterocycles. The van der Waals surface area contributed by atoms with E-state index in [1.807, 2.05) is 0 Å². The van der Waals surface area contributed by atoms with Crippen LogP contribution < -0.4 is 4.72 Å². The highest BCUT2D eigenvalue weighted by atomic mass is 32.2. The molecule has 0 saturated heterocycles. The van der Waals surface area contributed by atoms with E-state index in [-0.39, 0.29) is 11.4 Å². The number of sulfonamides is 1. The van der Waals surface area contributed by atoms with Crippen molar-refractivity contribution < 1.29 is 21.6 Å². The average molecular weight is 334 g/mol. The molecule has 120 valence electrons. The van der Waals surface area contributed by atoms with Crippen molar-refractivity contribution in [3.05, 3.63) is 42.5 Å². The van der Waals surface area contributed by atoms with E-state index in [9.17, 15) is 21.6 Å². The van der Waals surface area contributed by atoms with Crippen LogP contribution in [0.3, 0.4) is 0 Å². The van der Waals surface area contributed by atoms with Crippen molar-refractivity contribution in [1.29, 1.82) is 0 Å². The number of nitrogens with one attached hydrogen (secondary N) is 1. The lowest BCUT2D eigenvalue weighted by molar-refractivity contribution is -0.142. The first-order valence-electron chi connectivity index (χ1n) is 6.25. The topological polar surface area (TPSA) is 76.9 Å². The summed E-state index contributed by atoms with van der Waals surface area (Å²) in [7, 11) is -3.89. The van der Waals surface area contributed by atoms with Crippen LogP contribution in [0.5, 0.6) is 0 Å². The molecule has 0 unspecified atom stereocenters. The maximum absolute atomic E-state index is 12.2. The first kappa shape index (κ1) is 16.4. The van der Waals surface area contributed by atoms with Gasteiger partial charge in [-0.15, -0.1) is 0 Å². The van der Waals surface area contributed by atoms with Gasteiger partial charge >= 0.3 is 6.18 Å². The van der Waals surface area contributed by atoms with Gasteiger partial charge in [-0.25, -0.2) is 13.1 Å². The number of hydrogen-bond donors (Lipinski definition) is 1. The fourth-order valence-corrected chi connectivity index (χ4v) is 2.68. The molecule has 6 nitrogen and oxygen atoms in total. The highest BCUT2D eigenvalue weighted by Crippen LogP contribution is 2.18. The number of alkyl halides is 3. The molecule has 0 radical (unpaired) electrons. The van der Waals surface area contributed by atoms with E-state index < -0.39 is 22.7 Å². The predicted molar refractivity (Wildman–Crippen MR) is 71.4 cm³/mol. The smallest absolute Gasteiger partial charge is 0.262 e. The van der Waals surface area contributed by atoms with E-state index in [1.54, 1.807) is 24.4 Å². The van der Waals surface area contributed by atoms with Gasteiger partial charge in [0.05, 0.1) is 6.20 Å². The van der Waals surface area contributed by atoms with Crippen LogP contribution in [-0.2, 0) is 23.0 Å². The summed E-state index contributed by atoms with van der Waals surface area (Å²) >= 11 is 0. The van der Waals surface area contributed by atoms with Crippen LogP contribution >= 0.6 is 0 Å². The lowest BCUT2D eigenvalue weighted by Crippen LogP contribution is -2.26. The van der Waals surface area contributed by atoms with E-state index >= 15 is 0 Å². The average Bonchev–Trinajstić information content (AvgIpc) is 2.87. The zero-order valence-electron chi connectivity index (χ0n) is 11.3. The van der Waals surface area contributed by atoms with Gasteiger partial charge in [0.15, 0.2) is 0 Å².